The van der Waals surface area contributed by atoms with E-state index in [1.165, 1.54) is 83.5 Å². The first kappa shape index (κ1) is 28.8. The average molecular weight is 430 g/mol. The molecule has 0 aliphatic carbocycles. The summed E-state index contributed by atoms with van der Waals surface area (Å²) in [7, 11) is 2.59. The Balaban J connectivity index is 3.42. The van der Waals surface area contributed by atoms with E-state index in [1.54, 1.807) is 21.3 Å². The molecule has 1 unspecified atom stereocenters. The zero-order chi connectivity index (χ0) is 21.6. The van der Waals surface area contributed by atoms with Crippen molar-refractivity contribution in [2.45, 2.75) is 122 Å². The van der Waals surface area contributed by atoms with Crippen molar-refractivity contribution in [3.63, 3.8) is 0 Å². The minimum atomic E-state index is -2.42. The Hall–Kier alpha value is -0.203. The molecule has 0 saturated heterocycles. The van der Waals surface area contributed by atoms with Crippen LogP contribution in [-0.4, -0.2) is 36.2 Å². The largest absolute Gasteiger partial charge is 0.500 e. The molecule has 0 aromatic carbocycles. The van der Waals surface area contributed by atoms with Crippen LogP contribution in [0.5, 0.6) is 0 Å². The summed E-state index contributed by atoms with van der Waals surface area (Å²) < 4.78 is 16.4. The van der Waals surface area contributed by atoms with Crippen LogP contribution in [0.1, 0.15) is 110 Å². The van der Waals surface area contributed by atoms with Crippen LogP contribution in [0.4, 0.5) is 0 Å². The lowest BCUT2D eigenvalue weighted by Crippen LogP contribution is -2.42. The van der Waals surface area contributed by atoms with Crippen LogP contribution in [0, 0.1) is 0 Å². The van der Waals surface area contributed by atoms with Gasteiger partial charge in [-0.2, -0.15) is 0 Å². The van der Waals surface area contributed by atoms with Crippen LogP contribution in [0.2, 0.25) is 6.04 Å². The van der Waals surface area contributed by atoms with Crippen LogP contribution in [0.25, 0.3) is 0 Å². The molecule has 29 heavy (non-hydrogen) atoms. The third-order valence-corrected chi connectivity index (χ3v) is 8.66. The Morgan fingerprint density at radius 1 is 0.655 bits per heavy atom. The van der Waals surface area contributed by atoms with Gasteiger partial charge in [0.25, 0.3) is 0 Å². The summed E-state index contributed by atoms with van der Waals surface area (Å²) in [5.41, 5.74) is 6.27. The summed E-state index contributed by atoms with van der Waals surface area (Å²) in [5, 5.41) is 0. The van der Waals surface area contributed by atoms with Crippen LogP contribution >= 0.6 is 0 Å². The standard InChI is InChI=1S/C24H51NO3Si/c1-5-6-7-8-9-10-11-12-13-14-15-16-17-18-19-21-24(25)22-20-23-29(26-2,27-3)28-4/h12-13,24H,5-11,14-23,25H2,1-4H3/b13-12-. The van der Waals surface area contributed by atoms with Gasteiger partial charge in [0.1, 0.15) is 0 Å². The number of unbranched alkanes of at least 4 members (excludes halogenated alkanes) is 11. The topological polar surface area (TPSA) is 53.7 Å². The van der Waals surface area contributed by atoms with Crippen molar-refractivity contribution < 1.29 is 13.3 Å². The molecular weight excluding hydrogens is 378 g/mol. The molecular formula is C24H51NO3Si. The van der Waals surface area contributed by atoms with Crippen LogP contribution < -0.4 is 5.73 Å². The molecule has 0 fully saturated rings. The van der Waals surface area contributed by atoms with Crippen molar-refractivity contribution in [1.29, 1.82) is 0 Å². The molecule has 0 aliphatic rings. The first-order chi connectivity index (χ1) is 14.1. The fourth-order valence-corrected chi connectivity index (χ4v) is 5.51. The van der Waals surface area contributed by atoms with Gasteiger partial charge in [0, 0.05) is 33.4 Å². The van der Waals surface area contributed by atoms with Gasteiger partial charge in [-0.1, -0.05) is 76.9 Å². The van der Waals surface area contributed by atoms with Gasteiger partial charge >= 0.3 is 8.80 Å². The zero-order valence-electron chi connectivity index (χ0n) is 20.1. The summed E-state index contributed by atoms with van der Waals surface area (Å²) in [6.07, 6.45) is 25.4. The second kappa shape index (κ2) is 21.0. The van der Waals surface area contributed by atoms with E-state index in [4.69, 9.17) is 19.0 Å². The fraction of sp³-hybridized carbons (Fsp3) is 0.917. The lowest BCUT2D eigenvalue weighted by atomic mass is 10.0. The maximum absolute atomic E-state index is 6.27. The Bertz CT molecular complexity index is 354. The zero-order valence-corrected chi connectivity index (χ0v) is 21.1. The van der Waals surface area contributed by atoms with Gasteiger partial charge in [0.05, 0.1) is 0 Å². The fourth-order valence-electron chi connectivity index (χ4n) is 3.76. The monoisotopic (exact) mass is 429 g/mol. The second-order valence-electron chi connectivity index (χ2n) is 8.32. The molecule has 174 valence electrons. The minimum Gasteiger partial charge on any atom is -0.377 e. The SMILES string of the molecule is CCCCCCCC/C=C\CCCCCCCC(N)CCC[Si](OC)(OC)OC. The highest BCUT2D eigenvalue weighted by Crippen LogP contribution is 2.18. The van der Waals surface area contributed by atoms with Crippen LogP contribution in [0.15, 0.2) is 12.2 Å². The lowest BCUT2D eigenvalue weighted by molar-refractivity contribution is 0.122. The number of nitrogens with two attached hydrogens (primary N) is 1. The molecule has 5 heteroatoms. The minimum absolute atomic E-state index is 0.289. The summed E-state index contributed by atoms with van der Waals surface area (Å²) in [6.45, 7) is 2.28. The molecule has 2 N–H and O–H groups in total. The van der Waals surface area contributed by atoms with Crippen LogP contribution in [0.3, 0.4) is 0 Å². The van der Waals surface area contributed by atoms with Gasteiger partial charge in [0.15, 0.2) is 0 Å². The predicted molar refractivity (Wildman–Crippen MR) is 128 cm³/mol. The van der Waals surface area contributed by atoms with E-state index in [0.29, 0.717) is 0 Å². The van der Waals surface area contributed by atoms with E-state index < -0.39 is 8.80 Å². The molecule has 0 spiro atoms. The van der Waals surface area contributed by atoms with Crippen LogP contribution in [-0.2, 0) is 13.3 Å². The molecule has 0 aromatic rings. The van der Waals surface area contributed by atoms with E-state index in [9.17, 15) is 0 Å². The molecule has 0 aliphatic heterocycles. The third kappa shape index (κ3) is 17.2. The Kier molecular flexibility index (Phi) is 20.9. The quantitative estimate of drug-likeness (QED) is 0.114. The second-order valence-corrected chi connectivity index (χ2v) is 11.4. The lowest BCUT2D eigenvalue weighted by Gasteiger charge is -2.24. The Morgan fingerprint density at radius 3 is 1.62 bits per heavy atom. The molecule has 0 heterocycles. The molecule has 0 bridgehead atoms. The number of hydrogen-bond donors (Lipinski definition) is 1. The normalized spacial score (nSPS) is 13.4. The Labute approximate surface area is 183 Å². The van der Waals surface area contributed by atoms with Crippen molar-refractivity contribution in [2.75, 3.05) is 21.3 Å². The molecule has 0 saturated carbocycles. The van der Waals surface area contributed by atoms with E-state index >= 15 is 0 Å². The van der Waals surface area contributed by atoms with Gasteiger partial charge in [-0.15, -0.1) is 0 Å². The van der Waals surface area contributed by atoms with Gasteiger partial charge in [-0.05, 0) is 44.9 Å². The molecule has 0 aromatic heterocycles. The highest BCUT2D eigenvalue weighted by atomic mass is 28.4. The molecule has 0 amide bonds. The van der Waals surface area contributed by atoms with Crippen molar-refractivity contribution >= 4 is 8.80 Å². The summed E-state index contributed by atoms with van der Waals surface area (Å²) in [6, 6.07) is 1.13. The van der Waals surface area contributed by atoms with E-state index in [-0.39, 0.29) is 6.04 Å². The van der Waals surface area contributed by atoms with E-state index in [0.717, 1.165) is 25.3 Å². The predicted octanol–water partition coefficient (Wildman–Crippen LogP) is 7.01. The molecule has 4 nitrogen and oxygen atoms in total. The van der Waals surface area contributed by atoms with Gasteiger partial charge in [-0.3, -0.25) is 0 Å². The van der Waals surface area contributed by atoms with Gasteiger partial charge in [0.2, 0.25) is 0 Å². The van der Waals surface area contributed by atoms with Crippen molar-refractivity contribution in [2.24, 2.45) is 5.73 Å². The highest BCUT2D eigenvalue weighted by molar-refractivity contribution is 6.60. The van der Waals surface area contributed by atoms with Crippen molar-refractivity contribution in [1.82, 2.24) is 0 Å². The Morgan fingerprint density at radius 2 is 1.10 bits per heavy atom. The molecule has 0 rings (SSSR count). The summed E-state index contributed by atoms with van der Waals surface area (Å²) >= 11 is 0. The number of hydrogen-bond acceptors (Lipinski definition) is 4. The first-order valence-corrected chi connectivity index (χ1v) is 14.1. The van der Waals surface area contributed by atoms with Crippen molar-refractivity contribution in [3.8, 4) is 0 Å². The van der Waals surface area contributed by atoms with Gasteiger partial charge < -0.3 is 19.0 Å². The maximum atomic E-state index is 6.27. The third-order valence-electron chi connectivity index (χ3n) is 5.83. The summed E-state index contributed by atoms with van der Waals surface area (Å²) in [5.74, 6) is 0. The first-order valence-electron chi connectivity index (χ1n) is 12.2. The van der Waals surface area contributed by atoms with E-state index in [2.05, 4.69) is 19.1 Å². The molecule has 0 radical (unpaired) electrons. The average Bonchev–Trinajstić information content (AvgIpc) is 2.74. The maximum Gasteiger partial charge on any atom is 0.500 e. The number of allylic oxidation sites excluding steroid dienone is 2. The van der Waals surface area contributed by atoms with Gasteiger partial charge in [-0.25, -0.2) is 0 Å². The molecule has 1 atom stereocenters. The number of rotatable bonds is 22. The smallest absolute Gasteiger partial charge is 0.377 e. The van der Waals surface area contributed by atoms with Crippen molar-refractivity contribution in [3.05, 3.63) is 12.2 Å². The highest BCUT2D eigenvalue weighted by Gasteiger charge is 2.36. The summed E-state index contributed by atoms with van der Waals surface area (Å²) in [4.78, 5) is 0. The van der Waals surface area contributed by atoms with E-state index in [1.807, 2.05) is 0 Å².